The summed E-state index contributed by atoms with van der Waals surface area (Å²) in [5.41, 5.74) is 1.45. The van der Waals surface area contributed by atoms with Gasteiger partial charge >= 0.3 is 5.97 Å². The lowest BCUT2D eigenvalue weighted by atomic mass is 10.1. The molecule has 2 aromatic carbocycles. The van der Waals surface area contributed by atoms with Gasteiger partial charge in [-0.1, -0.05) is 0 Å². The minimum Gasteiger partial charge on any atom is -0.493 e. The van der Waals surface area contributed by atoms with Crippen LogP contribution in [-0.4, -0.2) is 43.8 Å². The van der Waals surface area contributed by atoms with Crippen LogP contribution in [-0.2, 0) is 14.3 Å². The summed E-state index contributed by atoms with van der Waals surface area (Å²) in [6, 6.07) is 10.9. The van der Waals surface area contributed by atoms with Gasteiger partial charge < -0.3 is 19.5 Å². The van der Waals surface area contributed by atoms with E-state index in [9.17, 15) is 19.2 Å². The summed E-state index contributed by atoms with van der Waals surface area (Å²) in [5.74, 6) is -0.913. The van der Waals surface area contributed by atoms with Gasteiger partial charge in [0.2, 0.25) is 0 Å². The number of ether oxygens (including phenoxy) is 3. The fraction of sp³-hybridized carbons (Fsp3) is 0.238. The minimum atomic E-state index is -0.746. The molecule has 1 N–H and O–H groups in total. The monoisotopic (exact) mass is 399 g/mol. The second kappa shape index (κ2) is 10.0. The van der Waals surface area contributed by atoms with Crippen molar-refractivity contribution in [2.75, 3.05) is 25.6 Å². The number of methoxy groups -OCH3 is 1. The number of Topliss-reactive ketones (excluding diaryl/α,β-unsaturated/α-hetero) is 2. The number of esters is 1. The zero-order valence-corrected chi connectivity index (χ0v) is 16.3. The van der Waals surface area contributed by atoms with Gasteiger partial charge in [0.1, 0.15) is 0 Å². The van der Waals surface area contributed by atoms with Gasteiger partial charge in [0.15, 0.2) is 36.3 Å². The number of nitrogens with one attached hydrogen (secondary N) is 1. The first-order valence-electron chi connectivity index (χ1n) is 8.68. The molecule has 0 fully saturated rings. The first-order valence-corrected chi connectivity index (χ1v) is 8.68. The van der Waals surface area contributed by atoms with Crippen molar-refractivity contribution in [2.45, 2.75) is 13.8 Å². The number of hydrogen-bond acceptors (Lipinski definition) is 7. The van der Waals surface area contributed by atoms with Crippen molar-refractivity contribution < 1.29 is 33.4 Å². The number of carbonyl (C=O) groups is 4. The molecule has 0 aliphatic heterocycles. The van der Waals surface area contributed by atoms with E-state index < -0.39 is 25.1 Å². The summed E-state index contributed by atoms with van der Waals surface area (Å²) in [4.78, 5) is 46.3. The van der Waals surface area contributed by atoms with Crippen molar-refractivity contribution in [1.29, 1.82) is 0 Å². The van der Waals surface area contributed by atoms with Crippen LogP contribution in [0.1, 0.15) is 34.6 Å². The van der Waals surface area contributed by atoms with E-state index in [-0.39, 0.29) is 17.3 Å². The van der Waals surface area contributed by atoms with Gasteiger partial charge in [0, 0.05) is 16.8 Å². The molecule has 0 aliphatic carbocycles. The van der Waals surface area contributed by atoms with Crippen molar-refractivity contribution in [2.24, 2.45) is 0 Å². The highest BCUT2D eigenvalue weighted by atomic mass is 16.6. The summed E-state index contributed by atoms with van der Waals surface area (Å²) in [5, 5.41) is 2.55. The van der Waals surface area contributed by atoms with Crippen molar-refractivity contribution in [3.05, 3.63) is 53.6 Å². The SMILES string of the molecule is COc1cc(C(C)=O)ccc1OCC(=O)OCC(=O)Nc1ccc(C(C)=O)cc1. The van der Waals surface area contributed by atoms with E-state index in [1.165, 1.54) is 33.1 Å². The third-order valence-electron chi connectivity index (χ3n) is 3.86. The fourth-order valence-electron chi connectivity index (χ4n) is 2.32. The maximum atomic E-state index is 11.9. The Balaban J connectivity index is 1.81. The van der Waals surface area contributed by atoms with Gasteiger partial charge in [-0.15, -0.1) is 0 Å². The summed E-state index contributed by atoms with van der Waals surface area (Å²) < 4.78 is 15.3. The highest BCUT2D eigenvalue weighted by Crippen LogP contribution is 2.28. The average Bonchev–Trinajstić information content (AvgIpc) is 2.70. The molecule has 1 amide bonds. The van der Waals surface area contributed by atoms with E-state index in [2.05, 4.69) is 5.32 Å². The molecule has 29 heavy (non-hydrogen) atoms. The Morgan fingerprint density at radius 3 is 2.03 bits per heavy atom. The van der Waals surface area contributed by atoms with Crippen LogP contribution in [0.5, 0.6) is 11.5 Å². The molecule has 0 heterocycles. The van der Waals surface area contributed by atoms with Gasteiger partial charge in [-0.3, -0.25) is 14.4 Å². The number of rotatable bonds is 9. The Morgan fingerprint density at radius 2 is 1.45 bits per heavy atom. The summed E-state index contributed by atoms with van der Waals surface area (Å²) in [6.45, 7) is 1.95. The van der Waals surface area contributed by atoms with Crippen LogP contribution < -0.4 is 14.8 Å². The lowest BCUT2D eigenvalue weighted by molar-refractivity contribution is -0.149. The average molecular weight is 399 g/mol. The molecule has 0 unspecified atom stereocenters. The molecule has 2 aromatic rings. The Bertz CT molecular complexity index is 919. The molecule has 0 spiro atoms. The zero-order valence-electron chi connectivity index (χ0n) is 16.3. The van der Waals surface area contributed by atoms with E-state index >= 15 is 0 Å². The number of hydrogen-bond donors (Lipinski definition) is 1. The topological polar surface area (TPSA) is 108 Å². The van der Waals surface area contributed by atoms with Crippen LogP contribution in [0, 0.1) is 0 Å². The lowest BCUT2D eigenvalue weighted by Gasteiger charge is -2.11. The predicted octanol–water partition coefficient (Wildman–Crippen LogP) is 2.66. The van der Waals surface area contributed by atoms with Crippen LogP contribution in [0.25, 0.3) is 0 Å². The van der Waals surface area contributed by atoms with E-state index in [1.807, 2.05) is 0 Å². The largest absolute Gasteiger partial charge is 0.493 e. The highest BCUT2D eigenvalue weighted by Gasteiger charge is 2.12. The molecule has 0 atom stereocenters. The summed E-state index contributed by atoms with van der Waals surface area (Å²) >= 11 is 0. The second-order valence-corrected chi connectivity index (χ2v) is 6.05. The molecular formula is C21H21NO7. The first kappa shape index (κ1) is 21.6. The van der Waals surface area contributed by atoms with Gasteiger partial charge in [-0.25, -0.2) is 4.79 Å². The Hall–Kier alpha value is -3.68. The van der Waals surface area contributed by atoms with Crippen LogP contribution in [0.15, 0.2) is 42.5 Å². The highest BCUT2D eigenvalue weighted by molar-refractivity contribution is 5.96. The summed E-state index contributed by atoms with van der Waals surface area (Å²) in [6.07, 6.45) is 0. The predicted molar refractivity (Wildman–Crippen MR) is 105 cm³/mol. The number of benzene rings is 2. The number of carbonyl (C=O) groups excluding carboxylic acids is 4. The molecule has 0 saturated carbocycles. The third-order valence-corrected chi connectivity index (χ3v) is 3.86. The molecule has 8 heteroatoms. The van der Waals surface area contributed by atoms with E-state index in [4.69, 9.17) is 14.2 Å². The van der Waals surface area contributed by atoms with E-state index in [0.29, 0.717) is 22.6 Å². The molecule has 152 valence electrons. The van der Waals surface area contributed by atoms with Crippen LogP contribution in [0.3, 0.4) is 0 Å². The Kier molecular flexibility index (Phi) is 7.47. The standard InChI is InChI=1S/C21H21NO7/c1-13(23)15-4-7-17(8-5-15)22-20(25)11-29-21(26)12-28-18-9-6-16(14(2)24)10-19(18)27-3/h4-10H,11-12H2,1-3H3,(H,22,25). The molecule has 2 rings (SSSR count). The smallest absolute Gasteiger partial charge is 0.344 e. The van der Waals surface area contributed by atoms with Gasteiger partial charge in [-0.2, -0.15) is 0 Å². The molecule has 0 aliphatic rings. The van der Waals surface area contributed by atoms with E-state index in [0.717, 1.165) is 0 Å². The van der Waals surface area contributed by atoms with Crippen molar-refractivity contribution in [1.82, 2.24) is 0 Å². The van der Waals surface area contributed by atoms with Gasteiger partial charge in [0.25, 0.3) is 5.91 Å². The molecular weight excluding hydrogens is 378 g/mol. The van der Waals surface area contributed by atoms with Crippen LogP contribution in [0.2, 0.25) is 0 Å². The molecule has 0 saturated heterocycles. The van der Waals surface area contributed by atoms with Gasteiger partial charge in [0.05, 0.1) is 7.11 Å². The second-order valence-electron chi connectivity index (χ2n) is 6.05. The number of anilines is 1. The first-order chi connectivity index (χ1) is 13.8. The molecule has 0 radical (unpaired) electrons. The van der Waals surface area contributed by atoms with E-state index in [1.54, 1.807) is 30.3 Å². The minimum absolute atomic E-state index is 0.0793. The number of ketones is 2. The maximum absolute atomic E-state index is 11.9. The van der Waals surface area contributed by atoms with Crippen molar-refractivity contribution >= 4 is 29.1 Å². The molecule has 8 nitrogen and oxygen atoms in total. The molecule has 0 bridgehead atoms. The zero-order chi connectivity index (χ0) is 21.4. The fourth-order valence-corrected chi connectivity index (χ4v) is 2.32. The quantitative estimate of drug-likeness (QED) is 0.510. The third kappa shape index (κ3) is 6.46. The van der Waals surface area contributed by atoms with Crippen LogP contribution in [0.4, 0.5) is 5.69 Å². The van der Waals surface area contributed by atoms with Crippen LogP contribution >= 0.6 is 0 Å². The Labute approximate surface area is 167 Å². The lowest BCUT2D eigenvalue weighted by Crippen LogP contribution is -2.23. The Morgan fingerprint density at radius 1 is 0.828 bits per heavy atom. The normalized spacial score (nSPS) is 10.0. The summed E-state index contributed by atoms with van der Waals surface area (Å²) in [7, 11) is 1.41. The van der Waals surface area contributed by atoms with Gasteiger partial charge in [-0.05, 0) is 56.3 Å². The van der Waals surface area contributed by atoms with Crippen molar-refractivity contribution in [3.63, 3.8) is 0 Å². The number of amides is 1. The molecule has 0 aromatic heterocycles. The maximum Gasteiger partial charge on any atom is 0.344 e. The van der Waals surface area contributed by atoms with Crippen molar-refractivity contribution in [3.8, 4) is 11.5 Å².